The largest absolute Gasteiger partial charge is 0.492 e. The van der Waals surface area contributed by atoms with Gasteiger partial charge in [-0.2, -0.15) is 5.10 Å². The number of nitrogens with one attached hydrogen (secondary N) is 1. The van der Waals surface area contributed by atoms with Gasteiger partial charge in [0.2, 0.25) is 10.0 Å². The van der Waals surface area contributed by atoms with Gasteiger partial charge in [0.15, 0.2) is 0 Å². The summed E-state index contributed by atoms with van der Waals surface area (Å²) in [5.74, 6) is 0.254. The first-order chi connectivity index (χ1) is 15.3. The normalized spacial score (nSPS) is 13.9. The van der Waals surface area contributed by atoms with E-state index in [0.717, 1.165) is 28.5 Å². The Kier molecular flexibility index (Phi) is 6.03. The van der Waals surface area contributed by atoms with Crippen molar-refractivity contribution < 1.29 is 17.9 Å². The average Bonchev–Trinajstić information content (AvgIpc) is 3.53. The number of aromatic nitrogens is 2. The molecule has 1 aliphatic carbocycles. The summed E-state index contributed by atoms with van der Waals surface area (Å²) in [6, 6.07) is 15.9. The van der Waals surface area contributed by atoms with E-state index in [9.17, 15) is 13.2 Å². The quantitative estimate of drug-likeness (QED) is 0.561. The van der Waals surface area contributed by atoms with Gasteiger partial charge in [0.25, 0.3) is 5.91 Å². The number of nitrogens with zero attached hydrogens (tertiary/aromatic N) is 3. The zero-order chi connectivity index (χ0) is 22.9. The number of amides is 1. The molecule has 32 heavy (non-hydrogen) atoms. The Bertz CT molecular complexity index is 1230. The molecule has 4 rings (SSSR count). The average molecular weight is 455 g/mol. The number of sulfonamides is 1. The highest BCUT2D eigenvalue weighted by Gasteiger charge is 2.29. The number of para-hydroxylation sites is 1. The number of benzene rings is 2. The molecule has 0 bridgehead atoms. The highest BCUT2D eigenvalue weighted by atomic mass is 32.2. The maximum Gasteiger partial charge on any atom is 0.274 e. The summed E-state index contributed by atoms with van der Waals surface area (Å²) in [6.07, 6.45) is 2.13. The van der Waals surface area contributed by atoms with E-state index in [1.165, 1.54) is 20.2 Å². The molecule has 0 saturated heterocycles. The molecule has 1 N–H and O–H groups in total. The van der Waals surface area contributed by atoms with Crippen LogP contribution in [0.15, 0.2) is 59.5 Å². The van der Waals surface area contributed by atoms with Crippen LogP contribution in [0.4, 0.5) is 5.69 Å². The van der Waals surface area contributed by atoms with E-state index in [2.05, 4.69) is 10.4 Å². The van der Waals surface area contributed by atoms with Crippen LogP contribution in [-0.2, 0) is 10.0 Å². The van der Waals surface area contributed by atoms with Gasteiger partial charge >= 0.3 is 0 Å². The van der Waals surface area contributed by atoms with E-state index in [-0.39, 0.29) is 16.6 Å². The van der Waals surface area contributed by atoms with Crippen molar-refractivity contribution in [1.29, 1.82) is 0 Å². The molecule has 9 heteroatoms. The minimum Gasteiger partial charge on any atom is -0.492 e. The van der Waals surface area contributed by atoms with Crippen LogP contribution >= 0.6 is 0 Å². The number of anilines is 1. The zero-order valence-electron chi connectivity index (χ0n) is 18.3. The van der Waals surface area contributed by atoms with Gasteiger partial charge in [-0.3, -0.25) is 4.79 Å². The van der Waals surface area contributed by atoms with Crippen molar-refractivity contribution in [2.45, 2.75) is 30.6 Å². The van der Waals surface area contributed by atoms with Gasteiger partial charge in [-0.15, -0.1) is 0 Å². The molecule has 0 radical (unpaired) electrons. The van der Waals surface area contributed by atoms with Crippen LogP contribution < -0.4 is 10.1 Å². The summed E-state index contributed by atoms with van der Waals surface area (Å²) in [4.78, 5) is 13.2. The fraction of sp³-hybridized carbons (Fsp3) is 0.304. The number of rotatable bonds is 8. The van der Waals surface area contributed by atoms with Gasteiger partial charge in [-0.25, -0.2) is 17.4 Å². The number of carbonyl (C=O) groups excluding carboxylic acids is 1. The van der Waals surface area contributed by atoms with Gasteiger partial charge in [-0.05, 0) is 56.2 Å². The number of carbonyl (C=O) groups is 1. The summed E-state index contributed by atoms with van der Waals surface area (Å²) < 4.78 is 33.8. The Labute approximate surface area is 187 Å². The molecule has 8 nitrogen and oxygen atoms in total. The SMILES string of the molecule is CCOc1ccc(NC(=O)c2cc(C3CC3)nn2-c2ccccc2)cc1S(=O)(=O)N(C)C. The van der Waals surface area contributed by atoms with Crippen molar-refractivity contribution in [3.63, 3.8) is 0 Å². The maximum atomic E-state index is 13.2. The summed E-state index contributed by atoms with van der Waals surface area (Å²) >= 11 is 0. The standard InChI is InChI=1S/C23H26N4O4S/c1-4-31-21-13-12-17(14-22(21)32(29,30)26(2)3)24-23(28)20-15-19(16-10-11-16)25-27(20)18-8-6-5-7-9-18/h5-9,12-16H,4,10-11H2,1-3H3,(H,24,28). The third-order valence-electron chi connectivity index (χ3n) is 5.22. The Morgan fingerprint density at radius 3 is 2.50 bits per heavy atom. The third kappa shape index (κ3) is 4.39. The molecule has 1 saturated carbocycles. The summed E-state index contributed by atoms with van der Waals surface area (Å²) in [5, 5.41) is 7.48. The second kappa shape index (κ2) is 8.76. The summed E-state index contributed by atoms with van der Waals surface area (Å²) in [5.41, 5.74) is 2.42. The molecular formula is C23H26N4O4S. The lowest BCUT2D eigenvalue weighted by atomic mass is 10.2. The number of hydrogen-bond acceptors (Lipinski definition) is 5. The van der Waals surface area contributed by atoms with Crippen LogP contribution in [-0.4, -0.2) is 49.1 Å². The Morgan fingerprint density at radius 2 is 1.88 bits per heavy atom. The van der Waals surface area contributed by atoms with Crippen LogP contribution in [0.1, 0.15) is 41.9 Å². The van der Waals surface area contributed by atoms with Crippen molar-refractivity contribution in [3.8, 4) is 11.4 Å². The molecule has 1 fully saturated rings. The van der Waals surface area contributed by atoms with Crippen LogP contribution in [0.5, 0.6) is 5.75 Å². The number of ether oxygens (including phenoxy) is 1. The zero-order valence-corrected chi connectivity index (χ0v) is 19.1. The summed E-state index contributed by atoms with van der Waals surface area (Å²) in [6.45, 7) is 2.10. The minimum absolute atomic E-state index is 0.00242. The molecular weight excluding hydrogens is 428 g/mol. The second-order valence-corrected chi connectivity index (χ2v) is 9.93. The van der Waals surface area contributed by atoms with E-state index in [0.29, 0.717) is 23.9 Å². The Balaban J connectivity index is 1.69. The summed E-state index contributed by atoms with van der Waals surface area (Å²) in [7, 11) is -0.858. The number of hydrogen-bond donors (Lipinski definition) is 1. The van der Waals surface area contributed by atoms with E-state index < -0.39 is 10.0 Å². The van der Waals surface area contributed by atoms with Gasteiger partial charge in [0.1, 0.15) is 16.3 Å². The van der Waals surface area contributed by atoms with E-state index >= 15 is 0 Å². The van der Waals surface area contributed by atoms with E-state index in [4.69, 9.17) is 4.74 Å². The molecule has 1 aromatic heterocycles. The molecule has 3 aromatic rings. The van der Waals surface area contributed by atoms with Crippen LogP contribution in [0.2, 0.25) is 0 Å². The molecule has 1 amide bonds. The van der Waals surface area contributed by atoms with Gasteiger partial charge < -0.3 is 10.1 Å². The second-order valence-electron chi connectivity index (χ2n) is 7.81. The fourth-order valence-corrected chi connectivity index (χ4v) is 4.41. The van der Waals surface area contributed by atoms with Crippen molar-refractivity contribution in [3.05, 3.63) is 66.0 Å². The van der Waals surface area contributed by atoms with Crippen molar-refractivity contribution in [1.82, 2.24) is 14.1 Å². The van der Waals surface area contributed by atoms with Crippen LogP contribution in [0.25, 0.3) is 5.69 Å². The van der Waals surface area contributed by atoms with Crippen LogP contribution in [0.3, 0.4) is 0 Å². The van der Waals surface area contributed by atoms with Crippen molar-refractivity contribution in [2.24, 2.45) is 0 Å². The monoisotopic (exact) mass is 454 g/mol. The Hall–Kier alpha value is -3.17. The first-order valence-corrected chi connectivity index (χ1v) is 11.9. The molecule has 168 valence electrons. The predicted molar refractivity (Wildman–Crippen MR) is 122 cm³/mol. The topological polar surface area (TPSA) is 93.5 Å². The van der Waals surface area contributed by atoms with Crippen molar-refractivity contribution >= 4 is 21.6 Å². The predicted octanol–water partition coefficient (Wildman–Crippen LogP) is 3.65. The van der Waals surface area contributed by atoms with Crippen LogP contribution in [0, 0.1) is 0 Å². The van der Waals surface area contributed by atoms with Gasteiger partial charge in [-0.1, -0.05) is 18.2 Å². The minimum atomic E-state index is -3.76. The lowest BCUT2D eigenvalue weighted by Gasteiger charge is -2.17. The van der Waals surface area contributed by atoms with Gasteiger partial charge in [0, 0.05) is 25.7 Å². The molecule has 2 aromatic carbocycles. The molecule has 0 atom stereocenters. The Morgan fingerprint density at radius 1 is 1.16 bits per heavy atom. The molecule has 0 aliphatic heterocycles. The molecule has 0 spiro atoms. The lowest BCUT2D eigenvalue weighted by Crippen LogP contribution is -2.23. The van der Waals surface area contributed by atoms with Crippen molar-refractivity contribution in [2.75, 3.05) is 26.0 Å². The first kappa shape index (κ1) is 22.0. The molecule has 0 unspecified atom stereocenters. The van der Waals surface area contributed by atoms with E-state index in [1.54, 1.807) is 23.7 Å². The van der Waals surface area contributed by atoms with Gasteiger partial charge in [0.05, 0.1) is 18.0 Å². The smallest absolute Gasteiger partial charge is 0.274 e. The maximum absolute atomic E-state index is 13.2. The third-order valence-corrected chi connectivity index (χ3v) is 7.05. The highest BCUT2D eigenvalue weighted by Crippen LogP contribution is 2.40. The molecule has 1 heterocycles. The first-order valence-electron chi connectivity index (χ1n) is 10.5. The lowest BCUT2D eigenvalue weighted by molar-refractivity contribution is 0.101. The van der Waals surface area contributed by atoms with E-state index in [1.807, 2.05) is 36.4 Å². The highest BCUT2D eigenvalue weighted by molar-refractivity contribution is 7.89. The fourth-order valence-electron chi connectivity index (χ4n) is 3.36. The molecule has 1 aliphatic rings.